The van der Waals surface area contributed by atoms with Gasteiger partial charge in [0.1, 0.15) is 13.2 Å². The van der Waals surface area contributed by atoms with Crippen LogP contribution in [0.4, 0.5) is 0 Å². The van der Waals surface area contributed by atoms with E-state index in [1.165, 1.54) is 0 Å². The predicted molar refractivity (Wildman–Crippen MR) is 79.5 cm³/mol. The molecule has 106 valence electrons. The van der Waals surface area contributed by atoms with Crippen LogP contribution in [0.1, 0.15) is 20.7 Å². The fraction of sp³-hybridized carbons (Fsp3) is 0.429. The molecule has 20 heavy (non-hydrogen) atoms. The predicted octanol–water partition coefficient (Wildman–Crippen LogP) is 2.23. The maximum absolute atomic E-state index is 12.0. The van der Waals surface area contributed by atoms with Crippen LogP contribution in [0.2, 0.25) is 0 Å². The molecule has 0 amide bonds. The number of hydrogen-bond acceptors (Lipinski definition) is 6. The van der Waals surface area contributed by atoms with Gasteiger partial charge in [-0.2, -0.15) is 23.5 Å². The summed E-state index contributed by atoms with van der Waals surface area (Å²) < 4.78 is 10.4. The first kappa shape index (κ1) is 13.8. The van der Waals surface area contributed by atoms with E-state index in [1.54, 1.807) is 47.8 Å². The molecule has 6 heteroatoms. The van der Waals surface area contributed by atoms with Crippen LogP contribution < -0.4 is 0 Å². The van der Waals surface area contributed by atoms with Crippen molar-refractivity contribution in [3.8, 4) is 0 Å². The lowest BCUT2D eigenvalue weighted by molar-refractivity contribution is 0.0470. The second kappa shape index (κ2) is 6.10. The van der Waals surface area contributed by atoms with E-state index in [2.05, 4.69) is 0 Å². The zero-order valence-electron chi connectivity index (χ0n) is 10.7. The van der Waals surface area contributed by atoms with E-state index in [-0.39, 0.29) is 11.1 Å². The second-order valence-electron chi connectivity index (χ2n) is 4.65. The smallest absolute Gasteiger partial charge is 0.339 e. The Morgan fingerprint density at radius 2 is 1.35 bits per heavy atom. The van der Waals surface area contributed by atoms with Gasteiger partial charge in [-0.05, 0) is 12.1 Å². The maximum atomic E-state index is 12.0. The van der Waals surface area contributed by atoms with E-state index < -0.39 is 11.9 Å². The molecule has 1 aromatic rings. The molecule has 0 bridgehead atoms. The number of benzene rings is 1. The monoisotopic (exact) mass is 310 g/mol. The third-order valence-corrected chi connectivity index (χ3v) is 4.85. The summed E-state index contributed by atoms with van der Waals surface area (Å²) in [6.45, 7) is 0.817. The van der Waals surface area contributed by atoms with E-state index in [9.17, 15) is 9.59 Å². The number of rotatable bonds is 6. The topological polar surface area (TPSA) is 52.6 Å². The van der Waals surface area contributed by atoms with Crippen molar-refractivity contribution in [3.63, 3.8) is 0 Å². The molecule has 2 atom stereocenters. The number of thioether (sulfide) groups is 2. The van der Waals surface area contributed by atoms with Gasteiger partial charge in [0.2, 0.25) is 0 Å². The molecule has 1 aromatic carbocycles. The summed E-state index contributed by atoms with van der Waals surface area (Å²) in [5, 5.41) is 0.843. The zero-order chi connectivity index (χ0) is 13.9. The van der Waals surface area contributed by atoms with E-state index >= 15 is 0 Å². The summed E-state index contributed by atoms with van der Waals surface area (Å²) in [7, 11) is 0. The molecule has 2 aliphatic rings. The first-order chi connectivity index (χ1) is 9.74. The van der Waals surface area contributed by atoms with Gasteiger partial charge in [0.25, 0.3) is 0 Å². The van der Waals surface area contributed by atoms with Crippen LogP contribution >= 0.6 is 23.5 Å². The molecule has 4 nitrogen and oxygen atoms in total. The maximum Gasteiger partial charge on any atom is 0.339 e. The van der Waals surface area contributed by atoms with Gasteiger partial charge < -0.3 is 9.47 Å². The van der Waals surface area contributed by atoms with Crippen molar-refractivity contribution in [3.05, 3.63) is 35.4 Å². The number of carbonyl (C=O) groups excluding carboxylic acids is 2. The van der Waals surface area contributed by atoms with Crippen molar-refractivity contribution in [2.24, 2.45) is 0 Å². The molecular formula is C14H14O4S2. The molecule has 0 spiro atoms. The highest BCUT2D eigenvalue weighted by Gasteiger charge is 2.27. The van der Waals surface area contributed by atoms with Gasteiger partial charge in [0, 0.05) is 22.0 Å². The molecule has 2 saturated heterocycles. The summed E-state index contributed by atoms with van der Waals surface area (Å²) in [6, 6.07) is 6.64. The molecule has 2 unspecified atom stereocenters. The van der Waals surface area contributed by atoms with Gasteiger partial charge in [-0.1, -0.05) is 12.1 Å². The van der Waals surface area contributed by atoms with Crippen molar-refractivity contribution >= 4 is 35.5 Å². The minimum Gasteiger partial charge on any atom is -0.461 e. The summed E-state index contributed by atoms with van der Waals surface area (Å²) in [5.41, 5.74) is 0.568. The summed E-state index contributed by atoms with van der Waals surface area (Å²) in [4.78, 5) is 24.0. The first-order valence-corrected chi connectivity index (χ1v) is 8.50. The summed E-state index contributed by atoms with van der Waals surface area (Å²) in [5.74, 6) is 1.17. The zero-order valence-corrected chi connectivity index (χ0v) is 12.4. The van der Waals surface area contributed by atoms with Gasteiger partial charge in [0.05, 0.1) is 11.1 Å². The van der Waals surface area contributed by atoms with Crippen LogP contribution in [0.5, 0.6) is 0 Å². The number of carbonyl (C=O) groups is 2. The lowest BCUT2D eigenvalue weighted by Crippen LogP contribution is -2.16. The SMILES string of the molecule is O=C(OCC1CS1)c1ccccc1C(=O)OCC1CS1. The number of hydrogen-bond donors (Lipinski definition) is 0. The Hall–Kier alpha value is -1.14. The second-order valence-corrected chi connectivity index (χ2v) is 7.32. The van der Waals surface area contributed by atoms with Crippen LogP contribution in [0, 0.1) is 0 Å². The van der Waals surface area contributed by atoms with Crippen LogP contribution in [-0.2, 0) is 9.47 Å². The highest BCUT2D eigenvalue weighted by Crippen LogP contribution is 2.31. The lowest BCUT2D eigenvalue weighted by atomic mass is 10.1. The fourth-order valence-corrected chi connectivity index (χ4v) is 2.45. The highest BCUT2D eigenvalue weighted by atomic mass is 32.2. The Kier molecular flexibility index (Phi) is 4.21. The fourth-order valence-electron chi connectivity index (χ4n) is 1.66. The third kappa shape index (κ3) is 3.70. The highest BCUT2D eigenvalue weighted by molar-refractivity contribution is 8.07. The van der Waals surface area contributed by atoms with Crippen molar-refractivity contribution in [2.45, 2.75) is 10.5 Å². The van der Waals surface area contributed by atoms with Crippen LogP contribution in [0.25, 0.3) is 0 Å². The average molecular weight is 310 g/mol. The molecule has 2 heterocycles. The normalized spacial score (nSPS) is 23.0. The van der Waals surface area contributed by atoms with E-state index in [0.717, 1.165) is 11.5 Å². The van der Waals surface area contributed by atoms with Crippen LogP contribution in [0.3, 0.4) is 0 Å². The molecule has 2 aliphatic heterocycles. The van der Waals surface area contributed by atoms with E-state index in [4.69, 9.17) is 9.47 Å². The molecule has 2 fully saturated rings. The van der Waals surface area contributed by atoms with Crippen molar-refractivity contribution in [1.82, 2.24) is 0 Å². The summed E-state index contributed by atoms with van der Waals surface area (Å²) >= 11 is 3.53. The van der Waals surface area contributed by atoms with Crippen molar-refractivity contribution in [1.29, 1.82) is 0 Å². The third-order valence-electron chi connectivity index (χ3n) is 2.97. The Balaban J connectivity index is 1.65. The quantitative estimate of drug-likeness (QED) is 0.593. The lowest BCUT2D eigenvalue weighted by Gasteiger charge is -2.09. The van der Waals surface area contributed by atoms with Gasteiger partial charge >= 0.3 is 11.9 Å². The molecule has 0 aliphatic carbocycles. The van der Waals surface area contributed by atoms with Crippen LogP contribution in [-0.4, -0.2) is 47.2 Å². The van der Waals surface area contributed by atoms with Crippen molar-refractivity contribution in [2.75, 3.05) is 24.7 Å². The minimum atomic E-state index is -0.453. The molecule has 0 N–H and O–H groups in total. The Morgan fingerprint density at radius 3 is 1.70 bits per heavy atom. The molecule has 0 saturated carbocycles. The Labute approximate surface area is 125 Å². The van der Waals surface area contributed by atoms with E-state index in [0.29, 0.717) is 23.7 Å². The minimum absolute atomic E-state index is 0.284. The average Bonchev–Trinajstić information content (AvgIpc) is 3.36. The van der Waals surface area contributed by atoms with Gasteiger partial charge in [0.15, 0.2) is 0 Å². The summed E-state index contributed by atoms with van der Waals surface area (Å²) in [6.07, 6.45) is 0. The van der Waals surface area contributed by atoms with Gasteiger partial charge in [-0.15, -0.1) is 0 Å². The van der Waals surface area contributed by atoms with Crippen LogP contribution in [0.15, 0.2) is 24.3 Å². The standard InChI is InChI=1S/C14H14O4S2/c15-13(17-5-9-7-19-9)11-3-1-2-4-12(11)14(16)18-6-10-8-20-10/h1-4,9-10H,5-8H2. The Morgan fingerprint density at radius 1 is 0.950 bits per heavy atom. The largest absolute Gasteiger partial charge is 0.461 e. The van der Waals surface area contributed by atoms with Gasteiger partial charge in [-0.25, -0.2) is 9.59 Å². The Bertz CT molecular complexity index is 477. The first-order valence-electron chi connectivity index (χ1n) is 6.40. The van der Waals surface area contributed by atoms with Crippen molar-refractivity contribution < 1.29 is 19.1 Å². The molecule has 0 radical (unpaired) electrons. The van der Waals surface area contributed by atoms with Gasteiger partial charge in [-0.3, -0.25) is 0 Å². The number of ether oxygens (including phenoxy) is 2. The molecule has 0 aromatic heterocycles. The molecular weight excluding hydrogens is 296 g/mol. The molecule has 3 rings (SSSR count). The van der Waals surface area contributed by atoms with E-state index in [1.807, 2.05) is 0 Å². The number of esters is 2.